The molecule has 0 aliphatic carbocycles. The lowest BCUT2D eigenvalue weighted by Crippen LogP contribution is -2.26. The minimum Gasteiger partial charge on any atom is -0.331 e. The molecular weight excluding hydrogens is 182 g/mol. The van der Waals surface area contributed by atoms with Crippen LogP contribution in [0.2, 0.25) is 0 Å². The average molecular weight is 193 g/mol. The fourth-order valence-electron chi connectivity index (χ4n) is 0.985. The van der Waals surface area contributed by atoms with Crippen LogP contribution in [0.15, 0.2) is 11.4 Å². The molecule has 0 bridgehead atoms. The highest BCUT2D eigenvalue weighted by Gasteiger charge is 2.11. The molecule has 2 nitrogen and oxygen atoms in total. The molecule has 0 atom stereocenters. The van der Waals surface area contributed by atoms with Crippen molar-refractivity contribution in [2.24, 2.45) is 0 Å². The lowest BCUT2D eigenvalue weighted by Gasteiger charge is -2.11. The third-order valence-corrected chi connectivity index (χ3v) is 2.51. The fourth-order valence-corrected chi connectivity index (χ4v) is 1.66. The Balaban J connectivity index is 2.74. The first kappa shape index (κ1) is 9.82. The van der Waals surface area contributed by atoms with Gasteiger partial charge in [0, 0.05) is 17.3 Å². The van der Waals surface area contributed by atoms with E-state index in [0.29, 0.717) is 6.54 Å². The summed E-state index contributed by atoms with van der Waals surface area (Å²) in [6.45, 7) is 2.33. The summed E-state index contributed by atoms with van der Waals surface area (Å²) >= 11 is 1.57. The largest absolute Gasteiger partial charge is 0.331 e. The van der Waals surface area contributed by atoms with Crippen molar-refractivity contribution in [2.45, 2.75) is 6.92 Å². The highest BCUT2D eigenvalue weighted by Crippen LogP contribution is 2.14. The molecule has 13 heavy (non-hydrogen) atoms. The molecule has 68 valence electrons. The van der Waals surface area contributed by atoms with Crippen molar-refractivity contribution in [3.05, 3.63) is 21.9 Å². The summed E-state index contributed by atoms with van der Waals surface area (Å²) in [4.78, 5) is 14.3. The van der Waals surface area contributed by atoms with Gasteiger partial charge in [-0.2, -0.15) is 0 Å². The van der Waals surface area contributed by atoms with Crippen LogP contribution >= 0.6 is 11.3 Å². The van der Waals surface area contributed by atoms with Crippen LogP contribution in [0, 0.1) is 19.3 Å². The fraction of sp³-hybridized carbons (Fsp3) is 0.300. The van der Waals surface area contributed by atoms with Gasteiger partial charge < -0.3 is 4.90 Å². The van der Waals surface area contributed by atoms with Crippen molar-refractivity contribution in [1.82, 2.24) is 4.90 Å². The van der Waals surface area contributed by atoms with Gasteiger partial charge in [-0.25, -0.2) is 0 Å². The third kappa shape index (κ3) is 2.33. The van der Waals surface area contributed by atoms with Crippen LogP contribution in [0.3, 0.4) is 0 Å². The highest BCUT2D eigenvalue weighted by molar-refractivity contribution is 7.10. The molecule has 0 N–H and O–H groups in total. The molecule has 0 unspecified atom stereocenters. The predicted octanol–water partition coefficient (Wildman–Crippen LogP) is 1.76. The van der Waals surface area contributed by atoms with Gasteiger partial charge in [-0.05, 0) is 13.0 Å². The maximum Gasteiger partial charge on any atom is 0.255 e. The maximum atomic E-state index is 11.6. The minimum atomic E-state index is -0.0118. The summed E-state index contributed by atoms with van der Waals surface area (Å²) in [5.74, 6) is 2.42. The molecule has 1 aromatic rings. The van der Waals surface area contributed by atoms with Gasteiger partial charge >= 0.3 is 0 Å². The summed E-state index contributed by atoms with van der Waals surface area (Å²) in [6, 6.07) is 1.88. The SMILES string of the molecule is C#CCN(C)C(=O)c1csc(C)c1. The Morgan fingerprint density at radius 1 is 1.77 bits per heavy atom. The summed E-state index contributed by atoms with van der Waals surface area (Å²) in [5.41, 5.74) is 0.722. The number of terminal acetylenes is 1. The zero-order valence-electron chi connectivity index (χ0n) is 7.70. The van der Waals surface area contributed by atoms with E-state index in [1.54, 1.807) is 18.4 Å². The molecule has 1 amide bonds. The second kappa shape index (κ2) is 4.11. The van der Waals surface area contributed by atoms with Gasteiger partial charge in [0.15, 0.2) is 0 Å². The number of thiophene rings is 1. The van der Waals surface area contributed by atoms with Crippen LogP contribution in [-0.2, 0) is 0 Å². The summed E-state index contributed by atoms with van der Waals surface area (Å²) in [6.07, 6.45) is 5.11. The molecular formula is C10H11NOS. The van der Waals surface area contributed by atoms with Crippen LogP contribution in [0.5, 0.6) is 0 Å². The Hall–Kier alpha value is -1.27. The second-order valence-electron chi connectivity index (χ2n) is 2.81. The van der Waals surface area contributed by atoms with Gasteiger partial charge in [-0.3, -0.25) is 4.79 Å². The molecule has 0 aromatic carbocycles. The number of aryl methyl sites for hydroxylation is 1. The lowest BCUT2D eigenvalue weighted by atomic mass is 10.3. The molecule has 0 aliphatic rings. The number of rotatable bonds is 2. The zero-order valence-corrected chi connectivity index (χ0v) is 8.52. The molecule has 1 rings (SSSR count). The Morgan fingerprint density at radius 3 is 2.92 bits per heavy atom. The van der Waals surface area contributed by atoms with E-state index in [1.165, 1.54) is 4.90 Å². The van der Waals surface area contributed by atoms with Crippen LogP contribution < -0.4 is 0 Å². The average Bonchev–Trinajstić information content (AvgIpc) is 2.51. The summed E-state index contributed by atoms with van der Waals surface area (Å²) in [5, 5.41) is 1.85. The Labute approximate surface area is 82.2 Å². The van der Waals surface area contributed by atoms with Crippen LogP contribution in [0.4, 0.5) is 0 Å². The number of hydrogen-bond acceptors (Lipinski definition) is 2. The van der Waals surface area contributed by atoms with Crippen LogP contribution in [-0.4, -0.2) is 24.4 Å². The third-order valence-electron chi connectivity index (χ3n) is 1.65. The van der Waals surface area contributed by atoms with Gasteiger partial charge in [-0.1, -0.05) is 5.92 Å². The van der Waals surface area contributed by atoms with E-state index in [1.807, 2.05) is 18.4 Å². The van der Waals surface area contributed by atoms with Crippen LogP contribution in [0.25, 0.3) is 0 Å². The van der Waals surface area contributed by atoms with Crippen molar-refractivity contribution in [2.75, 3.05) is 13.6 Å². The Kier molecular flexibility index (Phi) is 3.10. The molecule has 1 aromatic heterocycles. The first-order valence-electron chi connectivity index (χ1n) is 3.89. The Bertz CT molecular complexity index is 348. The van der Waals surface area contributed by atoms with E-state index in [4.69, 9.17) is 6.42 Å². The Morgan fingerprint density at radius 2 is 2.46 bits per heavy atom. The van der Waals surface area contributed by atoms with Gasteiger partial charge in [0.25, 0.3) is 5.91 Å². The molecule has 0 spiro atoms. The van der Waals surface area contributed by atoms with E-state index in [9.17, 15) is 4.79 Å². The number of carbonyl (C=O) groups excluding carboxylic acids is 1. The van der Waals surface area contributed by atoms with Gasteiger partial charge in [-0.15, -0.1) is 17.8 Å². The van der Waals surface area contributed by atoms with Crippen LogP contribution in [0.1, 0.15) is 15.2 Å². The molecule has 0 saturated carbocycles. The lowest BCUT2D eigenvalue weighted by molar-refractivity contribution is 0.0813. The molecule has 1 heterocycles. The van der Waals surface area contributed by atoms with E-state index < -0.39 is 0 Å². The van der Waals surface area contributed by atoms with Crippen molar-refractivity contribution in [3.8, 4) is 12.3 Å². The van der Waals surface area contributed by atoms with E-state index in [-0.39, 0.29) is 5.91 Å². The quantitative estimate of drug-likeness (QED) is 0.655. The van der Waals surface area contributed by atoms with Crippen molar-refractivity contribution in [1.29, 1.82) is 0 Å². The van der Waals surface area contributed by atoms with Crippen molar-refractivity contribution < 1.29 is 4.79 Å². The monoisotopic (exact) mass is 193 g/mol. The molecule has 0 aliphatic heterocycles. The first-order valence-corrected chi connectivity index (χ1v) is 4.77. The van der Waals surface area contributed by atoms with E-state index in [0.717, 1.165) is 10.4 Å². The van der Waals surface area contributed by atoms with E-state index >= 15 is 0 Å². The second-order valence-corrected chi connectivity index (χ2v) is 3.93. The smallest absolute Gasteiger partial charge is 0.255 e. The number of amides is 1. The van der Waals surface area contributed by atoms with Gasteiger partial charge in [0.1, 0.15) is 0 Å². The van der Waals surface area contributed by atoms with Crippen molar-refractivity contribution >= 4 is 17.2 Å². The summed E-state index contributed by atoms with van der Waals surface area (Å²) < 4.78 is 0. The number of hydrogen-bond donors (Lipinski definition) is 0. The van der Waals surface area contributed by atoms with E-state index in [2.05, 4.69) is 5.92 Å². The predicted molar refractivity (Wildman–Crippen MR) is 54.8 cm³/mol. The zero-order chi connectivity index (χ0) is 9.84. The number of carbonyl (C=O) groups is 1. The first-order chi connectivity index (χ1) is 6.15. The molecule has 0 radical (unpaired) electrons. The maximum absolute atomic E-state index is 11.6. The molecule has 3 heteroatoms. The molecule has 0 saturated heterocycles. The minimum absolute atomic E-state index is 0.0118. The van der Waals surface area contributed by atoms with Crippen molar-refractivity contribution in [3.63, 3.8) is 0 Å². The highest BCUT2D eigenvalue weighted by atomic mass is 32.1. The van der Waals surface area contributed by atoms with Gasteiger partial charge in [0.05, 0.1) is 12.1 Å². The topological polar surface area (TPSA) is 20.3 Å². The molecule has 0 fully saturated rings. The standard InChI is InChI=1S/C10H11NOS/c1-4-5-11(3)10(12)9-6-8(2)13-7-9/h1,6-7H,5H2,2-3H3. The normalized spacial score (nSPS) is 9.31. The van der Waals surface area contributed by atoms with Gasteiger partial charge in [0.2, 0.25) is 0 Å². The number of nitrogens with zero attached hydrogens (tertiary/aromatic N) is 1. The summed E-state index contributed by atoms with van der Waals surface area (Å²) in [7, 11) is 1.70.